The highest BCUT2D eigenvalue weighted by Gasteiger charge is 2.52. The average molecular weight is 346 g/mol. The van der Waals surface area contributed by atoms with Gasteiger partial charge >= 0.3 is 12.0 Å². The fourth-order valence-corrected chi connectivity index (χ4v) is 3.66. The molecule has 0 aromatic heterocycles. The first-order chi connectivity index (χ1) is 12.0. The zero-order valence-electron chi connectivity index (χ0n) is 14.4. The monoisotopic (exact) mass is 346 g/mol. The van der Waals surface area contributed by atoms with Crippen LogP contribution < -0.4 is 5.32 Å². The van der Waals surface area contributed by atoms with E-state index in [1.54, 1.807) is 4.90 Å². The summed E-state index contributed by atoms with van der Waals surface area (Å²) in [6.45, 7) is 0.972. The van der Waals surface area contributed by atoms with Crippen LogP contribution in [0.5, 0.6) is 0 Å². The van der Waals surface area contributed by atoms with Crippen molar-refractivity contribution in [2.75, 3.05) is 19.6 Å². The Labute approximate surface area is 147 Å². The van der Waals surface area contributed by atoms with E-state index in [1.165, 1.54) is 0 Å². The molecule has 2 aliphatic rings. The Morgan fingerprint density at radius 3 is 2.56 bits per heavy atom. The van der Waals surface area contributed by atoms with E-state index in [0.717, 1.165) is 24.8 Å². The van der Waals surface area contributed by atoms with Gasteiger partial charge in [0.2, 0.25) is 0 Å². The number of benzene rings is 1. The van der Waals surface area contributed by atoms with Gasteiger partial charge in [0.1, 0.15) is 5.41 Å². The summed E-state index contributed by atoms with van der Waals surface area (Å²) in [6, 6.07) is 9.64. The Morgan fingerprint density at radius 1 is 1.20 bits per heavy atom. The van der Waals surface area contributed by atoms with Gasteiger partial charge in [-0.1, -0.05) is 43.2 Å². The second-order valence-corrected chi connectivity index (χ2v) is 7.30. The summed E-state index contributed by atoms with van der Waals surface area (Å²) >= 11 is 0. The van der Waals surface area contributed by atoms with Crippen LogP contribution >= 0.6 is 0 Å². The number of hydrogen-bond donors (Lipinski definition) is 3. The number of carbonyl (C=O) groups is 2. The molecule has 1 aliphatic heterocycles. The van der Waals surface area contributed by atoms with Gasteiger partial charge in [0.25, 0.3) is 0 Å². The van der Waals surface area contributed by atoms with E-state index < -0.39 is 17.5 Å². The number of urea groups is 1. The lowest BCUT2D eigenvalue weighted by Crippen LogP contribution is -2.59. The number of carboxylic acid groups (broad SMARTS) is 1. The minimum atomic E-state index is -1.23. The van der Waals surface area contributed by atoms with Crippen LogP contribution in [0.3, 0.4) is 0 Å². The van der Waals surface area contributed by atoms with Crippen LogP contribution in [0.2, 0.25) is 0 Å². The Morgan fingerprint density at radius 2 is 1.92 bits per heavy atom. The number of aliphatic carboxylic acids is 1. The van der Waals surface area contributed by atoms with Crippen LogP contribution in [0.25, 0.3) is 0 Å². The van der Waals surface area contributed by atoms with Gasteiger partial charge in [-0.3, -0.25) is 4.79 Å². The minimum absolute atomic E-state index is 0.0805. The molecule has 1 heterocycles. The molecule has 2 atom stereocenters. The van der Waals surface area contributed by atoms with Crippen molar-refractivity contribution in [3.8, 4) is 0 Å². The van der Waals surface area contributed by atoms with Gasteiger partial charge in [-0.15, -0.1) is 0 Å². The summed E-state index contributed by atoms with van der Waals surface area (Å²) < 4.78 is 0. The maximum Gasteiger partial charge on any atom is 0.317 e. The fourth-order valence-electron chi connectivity index (χ4n) is 3.66. The number of nitrogens with zero attached hydrogens (tertiary/aromatic N) is 1. The van der Waals surface area contributed by atoms with Gasteiger partial charge in [-0.2, -0.15) is 0 Å². The number of aliphatic hydroxyl groups is 1. The molecule has 2 fully saturated rings. The topological polar surface area (TPSA) is 89.9 Å². The molecule has 1 aromatic carbocycles. The highest BCUT2D eigenvalue weighted by atomic mass is 16.4. The van der Waals surface area contributed by atoms with Crippen LogP contribution in [0, 0.1) is 11.3 Å². The van der Waals surface area contributed by atoms with E-state index in [9.17, 15) is 19.8 Å². The number of amides is 2. The SMILES string of the molecule is O=C(NCCc1ccccc1)N1CC[C@@H](O)[C@](CC2CC2)(C(=O)O)C1. The molecule has 1 aromatic rings. The highest BCUT2D eigenvalue weighted by molar-refractivity contribution is 5.79. The quantitative estimate of drug-likeness (QED) is 0.734. The summed E-state index contributed by atoms with van der Waals surface area (Å²) in [6.07, 6.45) is 2.65. The molecule has 136 valence electrons. The number of carboxylic acids is 1. The second-order valence-electron chi connectivity index (χ2n) is 7.30. The van der Waals surface area contributed by atoms with Gasteiger partial charge in [0.15, 0.2) is 0 Å². The van der Waals surface area contributed by atoms with Gasteiger partial charge in [-0.05, 0) is 30.7 Å². The normalized spacial score (nSPS) is 26.3. The summed E-state index contributed by atoms with van der Waals surface area (Å²) in [5.74, 6) is -0.625. The molecule has 1 saturated heterocycles. The van der Waals surface area contributed by atoms with E-state index in [1.807, 2.05) is 30.3 Å². The third kappa shape index (κ3) is 4.12. The summed E-state index contributed by atoms with van der Waals surface area (Å²) in [7, 11) is 0. The number of aliphatic hydroxyl groups excluding tert-OH is 1. The Hall–Kier alpha value is -2.08. The van der Waals surface area contributed by atoms with Crippen molar-refractivity contribution in [3.05, 3.63) is 35.9 Å². The molecule has 6 heteroatoms. The molecule has 0 spiro atoms. The Balaban J connectivity index is 1.57. The first kappa shape index (κ1) is 17.7. The zero-order chi connectivity index (χ0) is 17.9. The molecule has 0 unspecified atom stereocenters. The summed E-state index contributed by atoms with van der Waals surface area (Å²) in [5, 5.41) is 23.0. The molecule has 0 bridgehead atoms. The number of carbonyl (C=O) groups excluding carboxylic acids is 1. The van der Waals surface area contributed by atoms with Crippen molar-refractivity contribution in [2.45, 2.75) is 38.2 Å². The van der Waals surface area contributed by atoms with Gasteiger partial charge in [-0.25, -0.2) is 4.79 Å². The molecule has 2 amide bonds. The molecule has 1 saturated carbocycles. The third-order valence-corrected chi connectivity index (χ3v) is 5.38. The number of piperidine rings is 1. The molecule has 3 rings (SSSR count). The van der Waals surface area contributed by atoms with Gasteiger partial charge in [0, 0.05) is 19.6 Å². The fraction of sp³-hybridized carbons (Fsp3) is 0.579. The van der Waals surface area contributed by atoms with Crippen molar-refractivity contribution in [1.29, 1.82) is 0 Å². The molecule has 0 radical (unpaired) electrons. The Bertz CT molecular complexity index is 617. The van der Waals surface area contributed by atoms with E-state index in [0.29, 0.717) is 31.8 Å². The average Bonchev–Trinajstić information content (AvgIpc) is 3.41. The van der Waals surface area contributed by atoms with Crippen LogP contribution in [0.15, 0.2) is 30.3 Å². The van der Waals surface area contributed by atoms with Crippen molar-refractivity contribution in [2.24, 2.45) is 11.3 Å². The van der Waals surface area contributed by atoms with Gasteiger partial charge in [0.05, 0.1) is 6.10 Å². The highest BCUT2D eigenvalue weighted by Crippen LogP contribution is 2.45. The molecular weight excluding hydrogens is 320 g/mol. The largest absolute Gasteiger partial charge is 0.481 e. The lowest BCUT2D eigenvalue weighted by atomic mass is 9.73. The van der Waals surface area contributed by atoms with Crippen LogP contribution in [-0.2, 0) is 11.2 Å². The van der Waals surface area contributed by atoms with E-state index in [-0.39, 0.29) is 12.6 Å². The predicted molar refractivity (Wildman–Crippen MR) is 93.2 cm³/mol. The maximum absolute atomic E-state index is 12.4. The minimum Gasteiger partial charge on any atom is -0.481 e. The molecule has 1 aliphatic carbocycles. The van der Waals surface area contributed by atoms with Gasteiger partial charge < -0.3 is 20.4 Å². The van der Waals surface area contributed by atoms with Crippen LogP contribution in [-0.4, -0.2) is 52.9 Å². The lowest BCUT2D eigenvalue weighted by Gasteiger charge is -2.43. The molecule has 3 N–H and O–H groups in total. The van der Waals surface area contributed by atoms with E-state index in [4.69, 9.17) is 0 Å². The number of nitrogens with one attached hydrogen (secondary N) is 1. The van der Waals surface area contributed by atoms with E-state index >= 15 is 0 Å². The van der Waals surface area contributed by atoms with Crippen molar-refractivity contribution >= 4 is 12.0 Å². The molecule has 6 nitrogen and oxygen atoms in total. The lowest BCUT2D eigenvalue weighted by molar-refractivity contribution is -0.163. The predicted octanol–water partition coefficient (Wildman–Crippen LogP) is 1.88. The van der Waals surface area contributed by atoms with Crippen LogP contribution in [0.1, 0.15) is 31.2 Å². The third-order valence-electron chi connectivity index (χ3n) is 5.38. The first-order valence-electron chi connectivity index (χ1n) is 8.99. The number of likely N-dealkylation sites (tertiary alicyclic amines) is 1. The molecular formula is C19H26N2O4. The van der Waals surface area contributed by atoms with Crippen molar-refractivity contribution in [1.82, 2.24) is 10.2 Å². The second kappa shape index (κ2) is 7.44. The Kier molecular flexibility index (Phi) is 5.27. The standard InChI is InChI=1S/C19H26N2O4/c22-16-9-11-21(13-19(16,17(23)24)12-15-6-7-15)18(25)20-10-8-14-4-2-1-3-5-14/h1-5,15-16,22H,6-13H2,(H,20,25)(H,23,24)/t16-,19-/m1/s1. The number of rotatable bonds is 6. The summed E-state index contributed by atoms with van der Waals surface area (Å²) in [5.41, 5.74) is -0.0820. The maximum atomic E-state index is 12.4. The van der Waals surface area contributed by atoms with Crippen LogP contribution in [0.4, 0.5) is 4.79 Å². The first-order valence-corrected chi connectivity index (χ1v) is 8.99. The smallest absolute Gasteiger partial charge is 0.317 e. The number of hydrogen-bond acceptors (Lipinski definition) is 3. The van der Waals surface area contributed by atoms with E-state index in [2.05, 4.69) is 5.32 Å². The zero-order valence-corrected chi connectivity index (χ0v) is 14.4. The molecule has 25 heavy (non-hydrogen) atoms. The van der Waals surface area contributed by atoms with Crippen molar-refractivity contribution in [3.63, 3.8) is 0 Å². The van der Waals surface area contributed by atoms with Crippen molar-refractivity contribution < 1.29 is 19.8 Å². The summed E-state index contributed by atoms with van der Waals surface area (Å²) in [4.78, 5) is 25.9.